The van der Waals surface area contributed by atoms with Gasteiger partial charge in [0.05, 0.1) is 31.0 Å². The van der Waals surface area contributed by atoms with Gasteiger partial charge < -0.3 is 19.5 Å². The van der Waals surface area contributed by atoms with Crippen LogP contribution in [0.5, 0.6) is 11.5 Å². The summed E-state index contributed by atoms with van der Waals surface area (Å²) < 4.78 is 16.2. The van der Waals surface area contributed by atoms with Gasteiger partial charge in [-0.15, -0.1) is 0 Å². The van der Waals surface area contributed by atoms with Crippen molar-refractivity contribution in [1.29, 1.82) is 0 Å². The molecule has 35 heavy (non-hydrogen) atoms. The average Bonchev–Trinajstić information content (AvgIpc) is 3.27. The summed E-state index contributed by atoms with van der Waals surface area (Å²) in [6.45, 7) is 2.32. The highest BCUT2D eigenvalue weighted by Crippen LogP contribution is 2.38. The summed E-state index contributed by atoms with van der Waals surface area (Å²) in [6, 6.07) is 13.3. The van der Waals surface area contributed by atoms with Crippen molar-refractivity contribution in [3.63, 3.8) is 0 Å². The lowest BCUT2D eigenvalue weighted by atomic mass is 10.0. The van der Waals surface area contributed by atoms with E-state index in [2.05, 4.69) is 18.3 Å². The van der Waals surface area contributed by atoms with Gasteiger partial charge in [0.25, 0.3) is 5.91 Å². The van der Waals surface area contributed by atoms with Crippen LogP contribution in [0.25, 0.3) is 22.6 Å². The number of hydrogen-bond donors (Lipinski definition) is 1. The molecule has 182 valence electrons. The predicted molar refractivity (Wildman–Crippen MR) is 136 cm³/mol. The van der Waals surface area contributed by atoms with Crippen LogP contribution in [-0.4, -0.2) is 44.2 Å². The van der Waals surface area contributed by atoms with E-state index in [1.165, 1.54) is 0 Å². The molecular weight excluding hydrogens is 444 g/mol. The molecule has 4 rings (SSSR count). The summed E-state index contributed by atoms with van der Waals surface area (Å²) in [7, 11) is 3.21. The van der Waals surface area contributed by atoms with E-state index in [9.17, 15) is 9.59 Å². The van der Waals surface area contributed by atoms with E-state index in [0.29, 0.717) is 35.5 Å². The van der Waals surface area contributed by atoms with Crippen molar-refractivity contribution in [2.24, 2.45) is 0 Å². The number of ether oxygens (including phenoxy) is 3. The Bertz CT molecular complexity index is 1280. The summed E-state index contributed by atoms with van der Waals surface area (Å²) in [5, 5.41) is 3.51. The zero-order chi connectivity index (χ0) is 24.8. The molecule has 0 bridgehead atoms. The number of methoxy groups -OCH3 is 2. The molecule has 0 saturated heterocycles. The molecule has 0 spiro atoms. The van der Waals surface area contributed by atoms with E-state index in [0.717, 1.165) is 47.0 Å². The molecule has 2 aromatic carbocycles. The lowest BCUT2D eigenvalue weighted by Gasteiger charge is -2.12. The largest absolute Gasteiger partial charge is 0.493 e. The first kappa shape index (κ1) is 24.3. The van der Waals surface area contributed by atoms with Crippen molar-refractivity contribution in [2.75, 3.05) is 27.4 Å². The van der Waals surface area contributed by atoms with Crippen LogP contribution in [0.15, 0.2) is 42.5 Å². The molecule has 0 saturated carbocycles. The van der Waals surface area contributed by atoms with Gasteiger partial charge in [-0.3, -0.25) is 4.79 Å². The van der Waals surface area contributed by atoms with Crippen molar-refractivity contribution in [3.8, 4) is 11.5 Å². The minimum atomic E-state index is -0.502. The number of allylic oxidation sites excluding steroid dienone is 1. The highest BCUT2D eigenvalue weighted by molar-refractivity contribution is 6.07. The number of rotatable bonds is 9. The number of para-hydroxylation sites is 1. The van der Waals surface area contributed by atoms with Crippen LogP contribution < -0.4 is 14.8 Å². The van der Waals surface area contributed by atoms with Crippen LogP contribution in [0.3, 0.4) is 0 Å². The summed E-state index contributed by atoms with van der Waals surface area (Å²) in [5.74, 6) is 0.510. The maximum Gasteiger partial charge on any atom is 0.339 e. The molecule has 0 fully saturated rings. The van der Waals surface area contributed by atoms with E-state index in [1.54, 1.807) is 14.2 Å². The number of carbonyl (C=O) groups is 2. The third kappa shape index (κ3) is 5.29. The van der Waals surface area contributed by atoms with Crippen LogP contribution in [0.2, 0.25) is 0 Å². The van der Waals surface area contributed by atoms with Gasteiger partial charge in [-0.25, -0.2) is 9.78 Å². The Balaban J connectivity index is 1.67. The first-order valence-electron chi connectivity index (χ1n) is 11.8. The zero-order valence-electron chi connectivity index (χ0n) is 20.3. The monoisotopic (exact) mass is 474 g/mol. The number of hydrogen-bond acceptors (Lipinski definition) is 6. The second-order valence-electron chi connectivity index (χ2n) is 8.39. The molecule has 1 N–H and O–H groups in total. The number of carbonyl (C=O) groups excluding carboxylic acids is 2. The molecule has 1 amide bonds. The van der Waals surface area contributed by atoms with Crippen LogP contribution in [0, 0.1) is 0 Å². The van der Waals surface area contributed by atoms with Gasteiger partial charge in [0.15, 0.2) is 18.1 Å². The van der Waals surface area contributed by atoms with Crippen LogP contribution in [0.4, 0.5) is 0 Å². The number of pyridine rings is 1. The lowest BCUT2D eigenvalue weighted by molar-refractivity contribution is -0.124. The zero-order valence-corrected chi connectivity index (χ0v) is 20.3. The predicted octanol–water partition coefficient (Wildman–Crippen LogP) is 4.81. The molecule has 0 aliphatic heterocycles. The van der Waals surface area contributed by atoms with Gasteiger partial charge in [-0.2, -0.15) is 0 Å². The third-order valence-electron chi connectivity index (χ3n) is 6.08. The second kappa shape index (κ2) is 11.0. The number of nitrogens with one attached hydrogen (secondary N) is 1. The van der Waals surface area contributed by atoms with Gasteiger partial charge in [0.1, 0.15) is 0 Å². The van der Waals surface area contributed by atoms with E-state index in [-0.39, 0.29) is 12.5 Å². The number of esters is 1. The molecule has 1 aliphatic rings. The first-order chi connectivity index (χ1) is 17.0. The standard InChI is InChI=1S/C28H30N2O5/c1-4-5-14-29-25(31)17-35-28(32)26-20-8-6-7-9-22(20)30-27-19(11-12-21(26)27)15-18-10-13-23(33-2)24(16-18)34-3/h6-10,13,15-16H,4-5,11-12,14,17H2,1-3H3,(H,29,31)/b19-15+. The normalized spacial score (nSPS) is 13.5. The van der Waals surface area contributed by atoms with Crippen LogP contribution in [0.1, 0.15) is 53.4 Å². The minimum absolute atomic E-state index is 0.296. The molecule has 0 unspecified atom stereocenters. The summed E-state index contributed by atoms with van der Waals surface area (Å²) >= 11 is 0. The summed E-state index contributed by atoms with van der Waals surface area (Å²) in [5.41, 5.74) is 4.83. The molecule has 7 nitrogen and oxygen atoms in total. The molecule has 1 heterocycles. The maximum atomic E-state index is 13.2. The molecule has 0 radical (unpaired) electrons. The maximum absolute atomic E-state index is 13.2. The molecule has 7 heteroatoms. The molecular formula is C28H30N2O5. The van der Waals surface area contributed by atoms with Crippen molar-refractivity contribution < 1.29 is 23.8 Å². The van der Waals surface area contributed by atoms with E-state index < -0.39 is 5.97 Å². The first-order valence-corrected chi connectivity index (χ1v) is 11.8. The smallest absolute Gasteiger partial charge is 0.339 e. The number of nitrogens with zero attached hydrogens (tertiary/aromatic N) is 1. The lowest BCUT2D eigenvalue weighted by Crippen LogP contribution is -2.29. The van der Waals surface area contributed by atoms with E-state index >= 15 is 0 Å². The summed E-state index contributed by atoms with van der Waals surface area (Å²) in [4.78, 5) is 30.2. The number of unbranched alkanes of at least 4 members (excludes halogenated alkanes) is 1. The number of amides is 1. The number of fused-ring (bicyclic) bond motifs is 2. The Morgan fingerprint density at radius 1 is 1.06 bits per heavy atom. The molecule has 1 aromatic heterocycles. The fraction of sp³-hybridized carbons (Fsp3) is 0.321. The van der Waals surface area contributed by atoms with Crippen molar-refractivity contribution >= 4 is 34.4 Å². The Kier molecular flexibility index (Phi) is 7.65. The van der Waals surface area contributed by atoms with Crippen LogP contribution in [-0.2, 0) is 16.0 Å². The number of benzene rings is 2. The Morgan fingerprint density at radius 2 is 1.86 bits per heavy atom. The number of aromatic nitrogens is 1. The van der Waals surface area contributed by atoms with Gasteiger partial charge in [-0.1, -0.05) is 37.6 Å². The van der Waals surface area contributed by atoms with E-state index in [4.69, 9.17) is 19.2 Å². The van der Waals surface area contributed by atoms with Crippen molar-refractivity contribution in [2.45, 2.75) is 32.6 Å². The second-order valence-corrected chi connectivity index (χ2v) is 8.39. The molecule has 0 atom stereocenters. The minimum Gasteiger partial charge on any atom is -0.493 e. The average molecular weight is 475 g/mol. The quantitative estimate of drug-likeness (QED) is 0.354. The third-order valence-corrected chi connectivity index (χ3v) is 6.08. The van der Waals surface area contributed by atoms with Crippen LogP contribution >= 0.6 is 0 Å². The molecule has 3 aromatic rings. The van der Waals surface area contributed by atoms with Gasteiger partial charge >= 0.3 is 5.97 Å². The van der Waals surface area contributed by atoms with Gasteiger partial charge in [0.2, 0.25) is 0 Å². The Hall–Kier alpha value is -3.87. The van der Waals surface area contributed by atoms with Crippen molar-refractivity contribution in [3.05, 3.63) is 64.8 Å². The van der Waals surface area contributed by atoms with Gasteiger partial charge in [-0.05, 0) is 60.2 Å². The summed E-state index contributed by atoms with van der Waals surface area (Å²) in [6.07, 6.45) is 5.34. The molecule has 1 aliphatic carbocycles. The van der Waals surface area contributed by atoms with Gasteiger partial charge in [0, 0.05) is 11.9 Å². The fourth-order valence-corrected chi connectivity index (χ4v) is 4.31. The highest BCUT2D eigenvalue weighted by Gasteiger charge is 2.28. The highest BCUT2D eigenvalue weighted by atomic mass is 16.5. The Labute approximate surface area is 205 Å². The SMILES string of the molecule is CCCCNC(=O)COC(=O)c1c2c(nc3ccccc13)/C(=C/c1ccc(OC)c(OC)c1)CC2. The fourth-order valence-electron chi connectivity index (χ4n) is 4.31. The van der Waals surface area contributed by atoms with E-state index in [1.807, 2.05) is 42.5 Å². The van der Waals surface area contributed by atoms with Crippen molar-refractivity contribution in [1.82, 2.24) is 10.3 Å². The topological polar surface area (TPSA) is 86.8 Å². The Morgan fingerprint density at radius 3 is 2.63 bits per heavy atom.